The van der Waals surface area contributed by atoms with Gasteiger partial charge < -0.3 is 0 Å². The first-order valence-electron chi connectivity index (χ1n) is 7.53. The fraction of sp³-hybridized carbons (Fsp3) is 0.294. The molecule has 2 aromatic rings. The molecule has 2 rings (SSSR count). The van der Waals surface area contributed by atoms with Crippen LogP contribution in [-0.2, 0) is 10.0 Å². The smallest absolute Gasteiger partial charge is 0.267 e. The van der Waals surface area contributed by atoms with Crippen molar-refractivity contribution in [3.63, 3.8) is 0 Å². The van der Waals surface area contributed by atoms with Crippen LogP contribution in [0.4, 0.5) is 11.4 Å². The molecule has 0 N–H and O–H groups in total. The summed E-state index contributed by atoms with van der Waals surface area (Å²) < 4.78 is 27.2. The Morgan fingerprint density at radius 3 is 2.12 bits per heavy atom. The summed E-state index contributed by atoms with van der Waals surface area (Å²) in [6.07, 6.45) is 0. The van der Waals surface area contributed by atoms with Gasteiger partial charge in [0.2, 0.25) is 0 Å². The van der Waals surface area contributed by atoms with Crippen molar-refractivity contribution in [2.75, 3.05) is 10.8 Å². The first-order chi connectivity index (χ1) is 11.2. The molecule has 0 radical (unpaired) electrons. The van der Waals surface area contributed by atoms with Gasteiger partial charge in [-0.2, -0.15) is 0 Å². The Balaban J connectivity index is 2.59. The summed E-state index contributed by atoms with van der Waals surface area (Å²) in [5, 5.41) is 11.1. The summed E-state index contributed by atoms with van der Waals surface area (Å²) in [5.74, 6) is 0. The van der Waals surface area contributed by atoms with Crippen molar-refractivity contribution < 1.29 is 13.3 Å². The van der Waals surface area contributed by atoms with Crippen LogP contribution >= 0.6 is 0 Å². The molecule has 2 aromatic carbocycles. The van der Waals surface area contributed by atoms with Gasteiger partial charge in [0.25, 0.3) is 15.7 Å². The lowest BCUT2D eigenvalue weighted by atomic mass is 10.1. The number of sulfonamides is 1. The molecule has 0 aromatic heterocycles. The zero-order valence-corrected chi connectivity index (χ0v) is 14.9. The van der Waals surface area contributed by atoms with Gasteiger partial charge in [0.1, 0.15) is 0 Å². The molecule has 24 heavy (non-hydrogen) atoms. The van der Waals surface area contributed by atoms with Crippen molar-refractivity contribution in [3.05, 3.63) is 63.2 Å². The van der Waals surface area contributed by atoms with Gasteiger partial charge in [-0.15, -0.1) is 0 Å². The normalized spacial score (nSPS) is 11.3. The summed E-state index contributed by atoms with van der Waals surface area (Å²) in [7, 11) is -3.88. The third kappa shape index (κ3) is 3.41. The third-order valence-electron chi connectivity index (χ3n) is 3.75. The number of aryl methyl sites for hydroxylation is 3. The van der Waals surface area contributed by atoms with E-state index >= 15 is 0 Å². The summed E-state index contributed by atoms with van der Waals surface area (Å²) in [6.45, 7) is 7.34. The van der Waals surface area contributed by atoms with E-state index in [9.17, 15) is 18.5 Å². The van der Waals surface area contributed by atoms with Crippen LogP contribution < -0.4 is 4.31 Å². The van der Waals surface area contributed by atoms with Gasteiger partial charge in [0.15, 0.2) is 0 Å². The van der Waals surface area contributed by atoms with Crippen LogP contribution in [0.3, 0.4) is 0 Å². The lowest BCUT2D eigenvalue weighted by molar-refractivity contribution is -0.385. The minimum absolute atomic E-state index is 0.0826. The number of anilines is 1. The largest absolute Gasteiger partial charge is 0.273 e. The Labute approximate surface area is 141 Å². The van der Waals surface area contributed by atoms with Gasteiger partial charge in [-0.1, -0.05) is 12.1 Å². The number of nitro benzene ring substituents is 1. The van der Waals surface area contributed by atoms with E-state index in [1.807, 2.05) is 19.9 Å². The Kier molecular flexibility index (Phi) is 4.94. The molecule has 0 aliphatic rings. The van der Waals surface area contributed by atoms with Gasteiger partial charge in [0, 0.05) is 18.2 Å². The molecule has 0 amide bonds. The zero-order valence-electron chi connectivity index (χ0n) is 14.1. The number of nitro groups is 1. The molecule has 0 unspecified atom stereocenters. The molecule has 0 heterocycles. The standard InChI is InChI=1S/C17H20N2O4S/c1-5-18(15-9-12(2)8-13(3)10-15)24(22,23)16-7-6-14(4)17(11-16)19(20)21/h6-11H,5H2,1-4H3. The van der Waals surface area contributed by atoms with Gasteiger partial charge >= 0.3 is 0 Å². The Morgan fingerprint density at radius 2 is 1.62 bits per heavy atom. The first-order valence-corrected chi connectivity index (χ1v) is 8.97. The SMILES string of the molecule is CCN(c1cc(C)cc(C)c1)S(=O)(=O)c1ccc(C)c([N+](=O)[O-])c1. The second-order valence-electron chi connectivity index (χ2n) is 5.72. The number of hydrogen-bond donors (Lipinski definition) is 0. The highest BCUT2D eigenvalue weighted by atomic mass is 32.2. The maximum Gasteiger partial charge on any atom is 0.273 e. The van der Waals surface area contributed by atoms with E-state index in [-0.39, 0.29) is 17.1 Å². The third-order valence-corrected chi connectivity index (χ3v) is 5.65. The summed E-state index contributed by atoms with van der Waals surface area (Å²) >= 11 is 0. The highest BCUT2D eigenvalue weighted by molar-refractivity contribution is 7.92. The topological polar surface area (TPSA) is 80.5 Å². The Morgan fingerprint density at radius 1 is 1.04 bits per heavy atom. The molecule has 0 spiro atoms. The molecule has 0 bridgehead atoms. The van der Waals surface area contributed by atoms with E-state index in [4.69, 9.17) is 0 Å². The van der Waals surface area contributed by atoms with Crippen molar-refractivity contribution in [2.24, 2.45) is 0 Å². The highest BCUT2D eigenvalue weighted by Crippen LogP contribution is 2.28. The lowest BCUT2D eigenvalue weighted by Crippen LogP contribution is -2.31. The molecule has 128 valence electrons. The molecule has 0 atom stereocenters. The molecule has 0 aliphatic heterocycles. The maximum atomic E-state index is 13.0. The van der Waals surface area contributed by atoms with Crippen LogP contribution in [0.1, 0.15) is 23.6 Å². The molecule has 7 heteroatoms. The second kappa shape index (κ2) is 6.60. The first kappa shape index (κ1) is 17.9. The Hall–Kier alpha value is -2.41. The van der Waals surface area contributed by atoms with Crippen LogP contribution in [0.15, 0.2) is 41.3 Å². The van der Waals surface area contributed by atoms with E-state index in [0.717, 1.165) is 17.2 Å². The van der Waals surface area contributed by atoms with E-state index in [1.165, 1.54) is 16.4 Å². The lowest BCUT2D eigenvalue weighted by Gasteiger charge is -2.24. The molecular formula is C17H20N2O4S. The highest BCUT2D eigenvalue weighted by Gasteiger charge is 2.26. The molecule has 0 aliphatic carbocycles. The molecule has 0 saturated carbocycles. The minimum Gasteiger partial charge on any atom is -0.267 e. The Bertz CT molecular complexity index is 871. The van der Waals surface area contributed by atoms with E-state index in [2.05, 4.69) is 0 Å². The summed E-state index contributed by atoms with van der Waals surface area (Å²) in [5.41, 5.74) is 2.68. The van der Waals surface area contributed by atoms with E-state index in [0.29, 0.717) is 11.3 Å². The molecule has 6 nitrogen and oxygen atoms in total. The maximum absolute atomic E-state index is 13.0. The summed E-state index contributed by atoms with van der Waals surface area (Å²) in [4.78, 5) is 10.4. The average Bonchev–Trinajstić information content (AvgIpc) is 2.46. The quantitative estimate of drug-likeness (QED) is 0.609. The van der Waals surface area contributed by atoms with Crippen molar-refractivity contribution in [1.82, 2.24) is 0 Å². The number of nitrogens with zero attached hydrogens (tertiary/aromatic N) is 2. The molecule has 0 fully saturated rings. The van der Waals surface area contributed by atoms with Gasteiger partial charge in [-0.3, -0.25) is 14.4 Å². The molecular weight excluding hydrogens is 328 g/mol. The summed E-state index contributed by atoms with van der Waals surface area (Å²) in [6, 6.07) is 9.52. The predicted octanol–water partition coefficient (Wildman–Crippen LogP) is 3.74. The van der Waals surface area contributed by atoms with Crippen molar-refractivity contribution >= 4 is 21.4 Å². The van der Waals surface area contributed by atoms with Crippen LogP contribution in [-0.4, -0.2) is 19.9 Å². The van der Waals surface area contributed by atoms with Crippen molar-refractivity contribution in [1.29, 1.82) is 0 Å². The van der Waals surface area contributed by atoms with E-state index in [1.54, 1.807) is 26.0 Å². The monoisotopic (exact) mass is 348 g/mol. The van der Waals surface area contributed by atoms with E-state index < -0.39 is 14.9 Å². The van der Waals surface area contributed by atoms with Crippen molar-refractivity contribution in [3.8, 4) is 0 Å². The van der Waals surface area contributed by atoms with Crippen LogP contribution in [0.5, 0.6) is 0 Å². The van der Waals surface area contributed by atoms with Crippen molar-refractivity contribution in [2.45, 2.75) is 32.6 Å². The van der Waals surface area contributed by atoms with Crippen LogP contribution in [0.2, 0.25) is 0 Å². The number of rotatable bonds is 5. The van der Waals surface area contributed by atoms with Gasteiger partial charge in [0.05, 0.1) is 15.5 Å². The average molecular weight is 348 g/mol. The second-order valence-corrected chi connectivity index (χ2v) is 7.58. The fourth-order valence-electron chi connectivity index (χ4n) is 2.66. The fourth-order valence-corrected chi connectivity index (χ4v) is 4.14. The minimum atomic E-state index is -3.88. The molecule has 0 saturated heterocycles. The zero-order chi connectivity index (χ0) is 18.1. The van der Waals surface area contributed by atoms with Crippen LogP contribution in [0.25, 0.3) is 0 Å². The van der Waals surface area contributed by atoms with Gasteiger partial charge in [-0.05, 0) is 57.0 Å². The number of hydrogen-bond acceptors (Lipinski definition) is 4. The predicted molar refractivity (Wildman–Crippen MR) is 94.0 cm³/mol. The van der Waals surface area contributed by atoms with Gasteiger partial charge in [-0.25, -0.2) is 8.42 Å². The van der Waals surface area contributed by atoms with Crippen LogP contribution in [0, 0.1) is 30.9 Å². The number of benzene rings is 2.